The maximum Gasteiger partial charge on any atom is 0.293 e. The molecule has 0 saturated carbocycles. The lowest BCUT2D eigenvalue weighted by molar-refractivity contribution is -0.151. The van der Waals surface area contributed by atoms with Crippen LogP contribution in [0.25, 0.3) is 11.3 Å². The number of ether oxygens (including phenoxy) is 1. The van der Waals surface area contributed by atoms with Crippen molar-refractivity contribution in [3.05, 3.63) is 93.8 Å². The van der Waals surface area contributed by atoms with Gasteiger partial charge in [0.1, 0.15) is 17.6 Å². The van der Waals surface area contributed by atoms with Crippen LogP contribution in [0.2, 0.25) is 0 Å². The Morgan fingerprint density at radius 2 is 1.87 bits per heavy atom. The van der Waals surface area contributed by atoms with Gasteiger partial charge in [-0.15, -0.1) is 0 Å². The molecule has 1 atom stereocenters. The number of rotatable bonds is 9. The van der Waals surface area contributed by atoms with Crippen molar-refractivity contribution in [1.29, 1.82) is 0 Å². The average molecular weight is 748 g/mol. The van der Waals surface area contributed by atoms with Gasteiger partial charge in [0.2, 0.25) is 11.8 Å². The fourth-order valence-corrected chi connectivity index (χ4v) is 8.32. The van der Waals surface area contributed by atoms with Crippen molar-refractivity contribution in [3.8, 4) is 11.3 Å². The zero-order valence-corrected chi connectivity index (χ0v) is 31.5. The monoisotopic (exact) mass is 747 g/mol. The Balaban J connectivity index is 1.12. The first kappa shape index (κ1) is 36.3. The first-order valence-electron chi connectivity index (χ1n) is 18.5. The van der Waals surface area contributed by atoms with Gasteiger partial charge in [-0.05, 0) is 54.2 Å². The minimum Gasteiger partial charge on any atom is -0.392 e. The Bertz CT molecular complexity index is 2310. The molecule has 0 unspecified atom stereocenters. The number of carbonyl (C=O) groups is 3. The Kier molecular flexibility index (Phi) is 9.18. The Morgan fingerprint density at radius 1 is 1.07 bits per heavy atom. The second-order valence-electron chi connectivity index (χ2n) is 15.5. The summed E-state index contributed by atoms with van der Waals surface area (Å²) in [5, 5.41) is 16.7. The molecular weight excluding hydrogens is 702 g/mol. The number of hydrogen-bond acceptors (Lipinski definition) is 10. The van der Waals surface area contributed by atoms with Gasteiger partial charge in [0.05, 0.1) is 31.6 Å². The second-order valence-corrected chi connectivity index (χ2v) is 15.5. The molecule has 55 heavy (non-hydrogen) atoms. The van der Waals surface area contributed by atoms with E-state index in [1.807, 2.05) is 6.07 Å². The van der Waals surface area contributed by atoms with E-state index in [1.165, 1.54) is 15.8 Å². The van der Waals surface area contributed by atoms with Gasteiger partial charge in [0.15, 0.2) is 5.82 Å². The average Bonchev–Trinajstić information content (AvgIpc) is 3.63. The van der Waals surface area contributed by atoms with Gasteiger partial charge in [-0.1, -0.05) is 26.5 Å². The number of benzene rings is 1. The molecule has 3 amide bonds. The summed E-state index contributed by atoms with van der Waals surface area (Å²) in [5.74, 6) is -0.403. The number of aliphatic hydroxyl groups excluding tert-OH is 1. The second kappa shape index (κ2) is 13.9. The molecule has 0 radical (unpaired) electrons. The largest absolute Gasteiger partial charge is 0.392 e. The minimum absolute atomic E-state index is 0.0120. The van der Waals surface area contributed by atoms with Crippen LogP contribution in [0, 0.1) is 5.41 Å². The fourth-order valence-electron chi connectivity index (χ4n) is 8.32. The first-order valence-corrected chi connectivity index (χ1v) is 18.5. The SMILES string of the molecule is C=CC(=O)Nc1cc(Nc2nc(-c3ccnc(N4CCn5c(cc6c5CC(C)(C)C6)C4=O)c3CO)cn(C)c2=O)ccc1[C@@H]1C(=O)N(C)CCN1C1COC1. The number of aryl methyl sites for hydroxylation is 1. The predicted octanol–water partition coefficient (Wildman–Crippen LogP) is 3.00. The number of anilines is 4. The maximum atomic E-state index is 13.9. The van der Waals surface area contributed by atoms with Crippen LogP contribution >= 0.6 is 0 Å². The van der Waals surface area contributed by atoms with E-state index >= 15 is 0 Å². The van der Waals surface area contributed by atoms with Crippen molar-refractivity contribution in [3.63, 3.8) is 0 Å². The standard InChI is InChI=1S/C40H45N9O6/c1-6-33(51)43-29-16-24(7-8-27(29)34-38(53)45(4)11-12-47(34)25-21-55-22-25)42-35-39(54)46(5)19-30(44-35)26-9-10-41-36(28(26)20-50)49-14-13-48-31(37(49)52)15-23-17-40(2,3)18-32(23)48/h6-10,15-16,19,25,34,50H,1,11-14,17-18,20-22H2,2-5H3,(H,42,44)(H,43,51)/t34-/m1/s1. The summed E-state index contributed by atoms with van der Waals surface area (Å²) in [5.41, 5.74) is 5.50. The van der Waals surface area contributed by atoms with Crippen LogP contribution < -0.4 is 21.1 Å². The number of aromatic nitrogens is 4. The van der Waals surface area contributed by atoms with E-state index in [1.54, 1.807) is 60.6 Å². The zero-order valence-electron chi connectivity index (χ0n) is 31.5. The molecule has 0 spiro atoms. The molecule has 3 N–H and O–H groups in total. The summed E-state index contributed by atoms with van der Waals surface area (Å²) in [6.45, 7) is 10.9. The highest BCUT2D eigenvalue weighted by Gasteiger charge is 2.42. The lowest BCUT2D eigenvalue weighted by Gasteiger charge is -2.46. The highest BCUT2D eigenvalue weighted by Crippen LogP contribution is 2.41. The van der Waals surface area contributed by atoms with Crippen LogP contribution in [-0.2, 0) is 47.4 Å². The maximum absolute atomic E-state index is 13.9. The van der Waals surface area contributed by atoms with Gasteiger partial charge in [0.25, 0.3) is 11.5 Å². The number of piperazine rings is 1. The molecule has 15 heteroatoms. The quantitative estimate of drug-likeness (QED) is 0.217. The van der Waals surface area contributed by atoms with Gasteiger partial charge < -0.3 is 34.5 Å². The van der Waals surface area contributed by atoms with E-state index in [0.29, 0.717) is 84.7 Å². The molecular formula is C40H45N9O6. The molecule has 4 aliphatic rings. The van der Waals surface area contributed by atoms with E-state index in [4.69, 9.17) is 9.72 Å². The fraction of sp³-hybridized carbons (Fsp3) is 0.400. The van der Waals surface area contributed by atoms with Crippen molar-refractivity contribution < 1.29 is 24.2 Å². The van der Waals surface area contributed by atoms with Crippen LogP contribution in [0.5, 0.6) is 0 Å². The van der Waals surface area contributed by atoms with Gasteiger partial charge in [-0.25, -0.2) is 9.97 Å². The van der Waals surface area contributed by atoms with Crippen LogP contribution in [0.4, 0.5) is 23.0 Å². The Hall–Kier alpha value is -5.64. The van der Waals surface area contributed by atoms with Gasteiger partial charge in [-0.2, -0.15) is 0 Å². The number of hydrogen-bond donors (Lipinski definition) is 3. The van der Waals surface area contributed by atoms with E-state index in [2.05, 4.69) is 45.5 Å². The molecule has 3 aromatic heterocycles. The van der Waals surface area contributed by atoms with Crippen molar-refractivity contribution in [2.75, 3.05) is 55.4 Å². The summed E-state index contributed by atoms with van der Waals surface area (Å²) in [7, 11) is 3.36. The molecule has 3 aliphatic heterocycles. The number of pyridine rings is 1. The number of amides is 3. The summed E-state index contributed by atoms with van der Waals surface area (Å²) >= 11 is 0. The zero-order chi connectivity index (χ0) is 38.8. The third-order valence-electron chi connectivity index (χ3n) is 11.2. The van der Waals surface area contributed by atoms with Gasteiger partial charge >= 0.3 is 0 Å². The highest BCUT2D eigenvalue weighted by molar-refractivity contribution is 6.06. The highest BCUT2D eigenvalue weighted by atomic mass is 16.5. The number of aliphatic hydroxyl groups is 1. The Labute approximate surface area is 318 Å². The van der Waals surface area contributed by atoms with E-state index in [0.717, 1.165) is 18.9 Å². The lowest BCUT2D eigenvalue weighted by Crippen LogP contribution is -2.59. The topological polar surface area (TPSA) is 167 Å². The predicted molar refractivity (Wildman–Crippen MR) is 206 cm³/mol. The summed E-state index contributed by atoms with van der Waals surface area (Å²) in [6.07, 6.45) is 6.14. The van der Waals surface area contributed by atoms with Crippen molar-refractivity contribution >= 4 is 40.7 Å². The summed E-state index contributed by atoms with van der Waals surface area (Å²) < 4.78 is 8.96. The number of nitrogens with one attached hydrogen (secondary N) is 2. The summed E-state index contributed by atoms with van der Waals surface area (Å²) in [6, 6.07) is 8.29. The van der Waals surface area contributed by atoms with Crippen LogP contribution in [0.3, 0.4) is 0 Å². The molecule has 2 fully saturated rings. The number of carbonyl (C=O) groups excluding carboxylic acids is 3. The minimum atomic E-state index is -0.655. The molecule has 2 saturated heterocycles. The molecule has 1 aromatic carbocycles. The smallest absolute Gasteiger partial charge is 0.293 e. The number of nitrogens with zero attached hydrogens (tertiary/aromatic N) is 7. The number of fused-ring (bicyclic) bond motifs is 3. The van der Waals surface area contributed by atoms with Crippen LogP contribution in [0.15, 0.2) is 60.2 Å². The molecule has 4 aromatic rings. The van der Waals surface area contributed by atoms with Gasteiger partial charge in [-0.3, -0.25) is 29.0 Å². The van der Waals surface area contributed by atoms with E-state index < -0.39 is 24.1 Å². The third-order valence-corrected chi connectivity index (χ3v) is 11.2. The molecule has 286 valence electrons. The van der Waals surface area contributed by atoms with E-state index in [9.17, 15) is 24.3 Å². The van der Waals surface area contributed by atoms with E-state index in [-0.39, 0.29) is 29.1 Å². The molecule has 8 rings (SSSR count). The van der Waals surface area contributed by atoms with Crippen LogP contribution in [0.1, 0.15) is 52.8 Å². The Morgan fingerprint density at radius 3 is 2.60 bits per heavy atom. The molecule has 0 bridgehead atoms. The molecule has 6 heterocycles. The molecule has 15 nitrogen and oxygen atoms in total. The summed E-state index contributed by atoms with van der Waals surface area (Å²) in [4.78, 5) is 68.4. The third kappa shape index (κ3) is 6.41. The number of likely N-dealkylation sites (N-methyl/N-ethyl adjacent to an activating group) is 1. The normalized spacial score (nSPS) is 19.5. The lowest BCUT2D eigenvalue weighted by atomic mass is 9.90. The van der Waals surface area contributed by atoms with Gasteiger partial charge in [0, 0.05) is 86.4 Å². The van der Waals surface area contributed by atoms with Crippen molar-refractivity contribution in [1.82, 2.24) is 28.9 Å². The van der Waals surface area contributed by atoms with Crippen LogP contribution in [-0.4, -0.2) is 97.7 Å². The molecule has 1 aliphatic carbocycles. The van der Waals surface area contributed by atoms with Crippen molar-refractivity contribution in [2.45, 2.75) is 51.9 Å². The van der Waals surface area contributed by atoms with Crippen molar-refractivity contribution in [2.24, 2.45) is 12.5 Å². The first-order chi connectivity index (χ1) is 26.4.